The molecule has 1 saturated heterocycles. The van der Waals surface area contributed by atoms with Crippen LogP contribution in [0.4, 0.5) is 18.9 Å². The Morgan fingerprint density at radius 3 is 2.62 bits per heavy atom. The molecule has 1 saturated carbocycles. The van der Waals surface area contributed by atoms with Gasteiger partial charge in [-0.1, -0.05) is 13.8 Å². The van der Waals surface area contributed by atoms with E-state index in [1.54, 1.807) is 12.4 Å². The van der Waals surface area contributed by atoms with Gasteiger partial charge in [0, 0.05) is 38.1 Å². The van der Waals surface area contributed by atoms with E-state index >= 15 is 0 Å². The topological polar surface area (TPSA) is 58.7 Å². The fourth-order valence-corrected chi connectivity index (χ4v) is 7.70. The van der Waals surface area contributed by atoms with Crippen molar-refractivity contribution in [2.24, 2.45) is 18.9 Å². The number of hydrogen-bond acceptors (Lipinski definition) is 4. The fraction of sp³-hybridized carbons (Fsp3) is 0.469. The van der Waals surface area contributed by atoms with E-state index in [-0.39, 0.29) is 29.0 Å². The van der Waals surface area contributed by atoms with Crippen molar-refractivity contribution in [3.05, 3.63) is 82.7 Å². The fourth-order valence-electron chi connectivity index (χ4n) is 7.70. The lowest BCUT2D eigenvalue weighted by Crippen LogP contribution is -2.43. The molecular weight excluding hydrogens is 541 g/mol. The van der Waals surface area contributed by atoms with Crippen LogP contribution in [0.25, 0.3) is 5.52 Å². The Balaban J connectivity index is 1.31. The molecule has 2 fully saturated rings. The number of carbonyl (C=O) groups excluding carboxylic acids is 1. The monoisotopic (exact) mass is 576 g/mol. The van der Waals surface area contributed by atoms with E-state index in [2.05, 4.69) is 35.1 Å². The average molecular weight is 577 g/mol. The average Bonchev–Trinajstić information content (AvgIpc) is 3.64. The normalized spacial score (nSPS) is 24.8. The molecule has 3 aromatic heterocycles. The van der Waals surface area contributed by atoms with Gasteiger partial charge in [0.1, 0.15) is 12.2 Å². The molecule has 220 valence electrons. The summed E-state index contributed by atoms with van der Waals surface area (Å²) in [5.41, 5.74) is 2.02. The van der Waals surface area contributed by atoms with Gasteiger partial charge in [-0.15, -0.1) is 10.2 Å². The summed E-state index contributed by atoms with van der Waals surface area (Å²) in [4.78, 5) is 17.8. The molecule has 0 radical (unpaired) electrons. The zero-order valence-electron chi connectivity index (χ0n) is 24.2. The van der Waals surface area contributed by atoms with E-state index in [1.165, 1.54) is 11.0 Å². The summed E-state index contributed by atoms with van der Waals surface area (Å²) in [6, 6.07) is 8.74. The molecule has 4 aromatic rings. The van der Waals surface area contributed by atoms with Crippen LogP contribution in [0.5, 0.6) is 0 Å². The summed E-state index contributed by atoms with van der Waals surface area (Å²) in [6.45, 7) is 6.36. The molecule has 3 aliphatic rings. The minimum atomic E-state index is -4.56. The second kappa shape index (κ2) is 9.69. The smallest absolute Gasteiger partial charge is 0.322 e. The molecule has 1 atom stereocenters. The van der Waals surface area contributed by atoms with E-state index in [0.717, 1.165) is 55.7 Å². The number of rotatable bonds is 5. The molecule has 0 unspecified atom stereocenters. The second-order valence-electron chi connectivity index (χ2n) is 12.8. The molecule has 0 spiro atoms. The number of halogens is 3. The van der Waals surface area contributed by atoms with E-state index in [0.29, 0.717) is 29.6 Å². The Morgan fingerprint density at radius 1 is 1.12 bits per heavy atom. The van der Waals surface area contributed by atoms with Crippen LogP contribution >= 0.6 is 0 Å². The molecule has 1 aromatic carbocycles. The van der Waals surface area contributed by atoms with Crippen molar-refractivity contribution in [2.45, 2.75) is 64.2 Å². The Kier molecular flexibility index (Phi) is 6.27. The molecule has 1 amide bonds. The van der Waals surface area contributed by atoms with E-state index in [4.69, 9.17) is 0 Å². The summed E-state index contributed by atoms with van der Waals surface area (Å²) in [5.74, 6) is 1.45. The largest absolute Gasteiger partial charge is 0.416 e. The zero-order chi connectivity index (χ0) is 29.4. The molecule has 5 heterocycles. The molecule has 0 N–H and O–H groups in total. The highest BCUT2D eigenvalue weighted by Crippen LogP contribution is 2.52. The van der Waals surface area contributed by atoms with E-state index in [1.807, 2.05) is 40.4 Å². The Hall–Kier alpha value is -3.66. The van der Waals surface area contributed by atoms with Crippen LogP contribution in [0.1, 0.15) is 78.0 Å². The van der Waals surface area contributed by atoms with Gasteiger partial charge in [0.2, 0.25) is 0 Å². The predicted molar refractivity (Wildman–Crippen MR) is 153 cm³/mol. The Bertz CT molecular complexity index is 1680. The molecule has 10 heteroatoms. The SMILES string of the molecule is CC1CC(c2cc(N3Cc4c(cc(CN5CCC[C@H](C)C5)cc4C(F)(F)F)C3=O)c3cccn3c2)(c2nncn2C)C1. The van der Waals surface area contributed by atoms with Crippen LogP contribution in [0, 0.1) is 11.8 Å². The van der Waals surface area contributed by atoms with Gasteiger partial charge in [-0.05, 0) is 91.1 Å². The van der Waals surface area contributed by atoms with Crippen molar-refractivity contribution >= 4 is 17.1 Å². The van der Waals surface area contributed by atoms with Gasteiger partial charge in [0.25, 0.3) is 5.91 Å². The lowest BCUT2D eigenvalue weighted by molar-refractivity contribution is -0.138. The number of anilines is 1. The maximum Gasteiger partial charge on any atom is 0.416 e. The number of aryl methyl sites for hydroxylation is 1. The van der Waals surface area contributed by atoms with Crippen molar-refractivity contribution in [2.75, 3.05) is 18.0 Å². The van der Waals surface area contributed by atoms with Crippen molar-refractivity contribution in [3.63, 3.8) is 0 Å². The maximum absolute atomic E-state index is 14.5. The zero-order valence-corrected chi connectivity index (χ0v) is 24.2. The number of pyridine rings is 1. The van der Waals surface area contributed by atoms with Crippen LogP contribution in [0.15, 0.2) is 49.1 Å². The molecule has 0 bridgehead atoms. The highest BCUT2D eigenvalue weighted by Gasteiger charge is 2.49. The third-order valence-corrected chi connectivity index (χ3v) is 9.54. The first kappa shape index (κ1) is 27.2. The van der Waals surface area contributed by atoms with Crippen LogP contribution in [-0.4, -0.2) is 43.1 Å². The number of likely N-dealkylation sites (tertiary alicyclic amines) is 1. The number of fused-ring (bicyclic) bond motifs is 2. The third kappa shape index (κ3) is 4.33. The Morgan fingerprint density at radius 2 is 1.93 bits per heavy atom. The van der Waals surface area contributed by atoms with Crippen molar-refractivity contribution in [1.29, 1.82) is 0 Å². The number of aromatic nitrogens is 4. The van der Waals surface area contributed by atoms with Gasteiger partial charge >= 0.3 is 6.18 Å². The number of alkyl halides is 3. The quantitative estimate of drug-likeness (QED) is 0.284. The predicted octanol–water partition coefficient (Wildman–Crippen LogP) is 6.19. The lowest BCUT2D eigenvalue weighted by atomic mass is 9.59. The van der Waals surface area contributed by atoms with Gasteiger partial charge in [-0.25, -0.2) is 0 Å². The number of carbonyl (C=O) groups is 1. The number of amides is 1. The highest BCUT2D eigenvalue weighted by molar-refractivity contribution is 6.12. The summed E-state index contributed by atoms with van der Waals surface area (Å²) in [5, 5.41) is 8.59. The number of hydrogen-bond donors (Lipinski definition) is 0. The lowest BCUT2D eigenvalue weighted by Gasteiger charge is -2.46. The molecule has 7 rings (SSSR count). The van der Waals surface area contributed by atoms with Crippen LogP contribution in [0.2, 0.25) is 0 Å². The van der Waals surface area contributed by atoms with Gasteiger partial charge in [-0.3, -0.25) is 9.69 Å². The van der Waals surface area contributed by atoms with E-state index in [9.17, 15) is 18.0 Å². The van der Waals surface area contributed by atoms with Crippen LogP contribution < -0.4 is 4.90 Å². The van der Waals surface area contributed by atoms with Gasteiger partial charge in [0.05, 0.1) is 28.7 Å². The summed E-state index contributed by atoms with van der Waals surface area (Å²) in [6.07, 6.45) is 5.02. The minimum Gasteiger partial charge on any atom is -0.322 e. The molecule has 1 aliphatic carbocycles. The first-order valence-corrected chi connectivity index (χ1v) is 14.8. The first-order chi connectivity index (χ1) is 20.0. The van der Waals surface area contributed by atoms with Gasteiger partial charge in [0.15, 0.2) is 0 Å². The minimum absolute atomic E-state index is 0.0543. The highest BCUT2D eigenvalue weighted by atomic mass is 19.4. The standard InChI is InChI=1S/C32H35F3N6O/c1-20-6-4-8-39(15-20)16-22-10-24-25(26(11-22)32(33,34)35)18-41(29(24)42)28-12-23(17-40-9-5-7-27(28)40)31(13-21(2)14-31)30-37-36-19-38(30)3/h5,7,9-12,17,19-21H,4,6,8,13-16,18H2,1-3H3/t20-,21?,31?/m0/s1. The van der Waals surface area contributed by atoms with Crippen molar-refractivity contribution in [3.8, 4) is 0 Å². The number of nitrogens with zero attached hydrogens (tertiary/aromatic N) is 6. The summed E-state index contributed by atoms with van der Waals surface area (Å²) in [7, 11) is 1.93. The molecule has 2 aliphatic heterocycles. The van der Waals surface area contributed by atoms with Crippen LogP contribution in [-0.2, 0) is 31.7 Å². The van der Waals surface area contributed by atoms with Gasteiger partial charge in [-0.2, -0.15) is 13.2 Å². The molecular formula is C32H35F3N6O. The maximum atomic E-state index is 14.5. The second-order valence-corrected chi connectivity index (χ2v) is 12.8. The van der Waals surface area contributed by atoms with Crippen molar-refractivity contribution in [1.82, 2.24) is 24.1 Å². The van der Waals surface area contributed by atoms with Gasteiger partial charge < -0.3 is 13.9 Å². The number of piperidine rings is 1. The molecule has 42 heavy (non-hydrogen) atoms. The van der Waals surface area contributed by atoms with E-state index < -0.39 is 11.7 Å². The first-order valence-electron chi connectivity index (χ1n) is 14.8. The summed E-state index contributed by atoms with van der Waals surface area (Å²) >= 11 is 0. The van der Waals surface area contributed by atoms with Crippen LogP contribution in [0.3, 0.4) is 0 Å². The van der Waals surface area contributed by atoms with Crippen molar-refractivity contribution < 1.29 is 18.0 Å². The Labute approximate surface area is 242 Å². The number of benzene rings is 1. The summed E-state index contributed by atoms with van der Waals surface area (Å²) < 4.78 is 47.3. The molecule has 7 nitrogen and oxygen atoms in total. The third-order valence-electron chi connectivity index (χ3n) is 9.54.